The van der Waals surface area contributed by atoms with E-state index in [1.165, 1.54) is 12.8 Å². The number of hydrogen-bond donors (Lipinski definition) is 2. The zero-order valence-corrected chi connectivity index (χ0v) is 7.97. The number of rotatable bonds is 3. The van der Waals surface area contributed by atoms with Crippen LogP contribution in [-0.2, 0) is 0 Å². The first-order chi connectivity index (χ1) is 6.34. The van der Waals surface area contributed by atoms with Crippen molar-refractivity contribution in [2.45, 2.75) is 25.8 Å². The highest BCUT2D eigenvalue weighted by Gasteiger charge is 2.13. The maximum Gasteiger partial charge on any atom is 0.193 e. The molecular formula is C10H16N2O. The minimum Gasteiger partial charge on any atom is -0.446 e. The summed E-state index contributed by atoms with van der Waals surface area (Å²) in [4.78, 5) is 0. The molecule has 1 aliphatic rings. The molecule has 1 fully saturated rings. The SMILES string of the molecule is Cc1ccc(NCC2CCCN2)o1. The molecule has 1 unspecified atom stereocenters. The highest BCUT2D eigenvalue weighted by atomic mass is 16.4. The lowest BCUT2D eigenvalue weighted by Gasteiger charge is -2.09. The minimum atomic E-state index is 0.616. The van der Waals surface area contributed by atoms with Gasteiger partial charge in [-0.2, -0.15) is 0 Å². The van der Waals surface area contributed by atoms with Gasteiger partial charge < -0.3 is 15.1 Å². The van der Waals surface area contributed by atoms with Crippen LogP contribution in [0.2, 0.25) is 0 Å². The van der Waals surface area contributed by atoms with Crippen molar-refractivity contribution < 1.29 is 4.42 Å². The molecule has 0 saturated carbocycles. The van der Waals surface area contributed by atoms with Crippen LogP contribution in [0.1, 0.15) is 18.6 Å². The molecule has 1 aliphatic heterocycles. The molecule has 3 heteroatoms. The van der Waals surface area contributed by atoms with Gasteiger partial charge in [-0.3, -0.25) is 0 Å². The number of aryl methyl sites for hydroxylation is 1. The number of hydrogen-bond acceptors (Lipinski definition) is 3. The van der Waals surface area contributed by atoms with Crippen LogP contribution in [0.5, 0.6) is 0 Å². The normalized spacial score (nSPS) is 22.1. The van der Waals surface area contributed by atoms with E-state index in [1.807, 2.05) is 19.1 Å². The molecule has 0 bridgehead atoms. The fourth-order valence-electron chi connectivity index (χ4n) is 1.68. The van der Waals surface area contributed by atoms with Crippen molar-refractivity contribution in [1.29, 1.82) is 0 Å². The highest BCUT2D eigenvalue weighted by Crippen LogP contribution is 2.13. The van der Waals surface area contributed by atoms with E-state index >= 15 is 0 Å². The van der Waals surface area contributed by atoms with Gasteiger partial charge in [-0.05, 0) is 32.4 Å². The smallest absolute Gasteiger partial charge is 0.193 e. The van der Waals surface area contributed by atoms with E-state index < -0.39 is 0 Å². The standard InChI is InChI=1S/C10H16N2O/c1-8-4-5-10(13-8)12-7-9-3-2-6-11-9/h4-5,9,11-12H,2-3,6-7H2,1H3. The van der Waals surface area contributed by atoms with Crippen molar-refractivity contribution in [2.75, 3.05) is 18.4 Å². The van der Waals surface area contributed by atoms with Crippen LogP contribution in [0.3, 0.4) is 0 Å². The molecule has 0 radical (unpaired) electrons. The van der Waals surface area contributed by atoms with Crippen molar-refractivity contribution in [3.05, 3.63) is 17.9 Å². The minimum absolute atomic E-state index is 0.616. The first-order valence-electron chi connectivity index (χ1n) is 4.88. The number of furan rings is 1. The largest absolute Gasteiger partial charge is 0.446 e. The first kappa shape index (κ1) is 8.63. The lowest BCUT2D eigenvalue weighted by molar-refractivity contribution is 0.537. The number of nitrogens with one attached hydrogen (secondary N) is 2. The quantitative estimate of drug-likeness (QED) is 0.744. The van der Waals surface area contributed by atoms with E-state index in [4.69, 9.17) is 4.42 Å². The zero-order chi connectivity index (χ0) is 9.10. The molecule has 0 amide bonds. The number of anilines is 1. The molecule has 13 heavy (non-hydrogen) atoms. The molecule has 2 heterocycles. The lowest BCUT2D eigenvalue weighted by atomic mass is 10.2. The fraction of sp³-hybridized carbons (Fsp3) is 0.600. The van der Waals surface area contributed by atoms with Crippen molar-refractivity contribution in [1.82, 2.24) is 5.32 Å². The maximum atomic E-state index is 5.40. The van der Waals surface area contributed by atoms with E-state index in [2.05, 4.69) is 10.6 Å². The Bertz CT molecular complexity index is 264. The third-order valence-corrected chi connectivity index (χ3v) is 2.43. The molecule has 2 rings (SSSR count). The molecule has 0 spiro atoms. The topological polar surface area (TPSA) is 37.2 Å². The predicted octanol–water partition coefficient (Wildman–Crippen LogP) is 1.75. The summed E-state index contributed by atoms with van der Waals surface area (Å²) < 4.78 is 5.40. The van der Waals surface area contributed by atoms with Gasteiger partial charge in [0, 0.05) is 18.7 Å². The van der Waals surface area contributed by atoms with Crippen LogP contribution in [0.15, 0.2) is 16.5 Å². The van der Waals surface area contributed by atoms with E-state index in [9.17, 15) is 0 Å². The monoisotopic (exact) mass is 180 g/mol. The Kier molecular flexibility index (Phi) is 2.54. The average molecular weight is 180 g/mol. The van der Waals surface area contributed by atoms with Gasteiger partial charge in [0.25, 0.3) is 0 Å². The Balaban J connectivity index is 1.78. The molecule has 72 valence electrons. The van der Waals surface area contributed by atoms with E-state index in [0.29, 0.717) is 6.04 Å². The van der Waals surface area contributed by atoms with Gasteiger partial charge in [0.2, 0.25) is 0 Å². The summed E-state index contributed by atoms with van der Waals surface area (Å²) in [5.41, 5.74) is 0. The summed E-state index contributed by atoms with van der Waals surface area (Å²) in [5, 5.41) is 6.71. The molecule has 1 saturated heterocycles. The Hall–Kier alpha value is -0.960. The van der Waals surface area contributed by atoms with Crippen LogP contribution >= 0.6 is 0 Å². The van der Waals surface area contributed by atoms with Gasteiger partial charge in [0.1, 0.15) is 5.76 Å². The van der Waals surface area contributed by atoms with Gasteiger partial charge in [0.15, 0.2) is 5.88 Å². The summed E-state index contributed by atoms with van der Waals surface area (Å²) in [6.45, 7) is 4.08. The summed E-state index contributed by atoms with van der Waals surface area (Å²) in [6, 6.07) is 4.57. The molecule has 1 aromatic heterocycles. The molecule has 3 nitrogen and oxygen atoms in total. The molecule has 0 aromatic carbocycles. The average Bonchev–Trinajstić information content (AvgIpc) is 2.71. The van der Waals surface area contributed by atoms with Crippen molar-refractivity contribution >= 4 is 5.88 Å². The summed E-state index contributed by atoms with van der Waals surface area (Å²) in [6.07, 6.45) is 2.57. The van der Waals surface area contributed by atoms with E-state index in [1.54, 1.807) is 0 Å². The second kappa shape index (κ2) is 3.83. The van der Waals surface area contributed by atoms with Crippen LogP contribution < -0.4 is 10.6 Å². The van der Waals surface area contributed by atoms with Gasteiger partial charge >= 0.3 is 0 Å². The third-order valence-electron chi connectivity index (χ3n) is 2.43. The predicted molar refractivity (Wildman–Crippen MR) is 53.0 cm³/mol. The zero-order valence-electron chi connectivity index (χ0n) is 7.97. The summed E-state index contributed by atoms with van der Waals surface area (Å²) in [5.74, 6) is 1.84. The molecule has 1 aromatic rings. The first-order valence-corrected chi connectivity index (χ1v) is 4.88. The van der Waals surface area contributed by atoms with Crippen molar-refractivity contribution in [3.63, 3.8) is 0 Å². The second-order valence-electron chi connectivity index (χ2n) is 3.58. The molecule has 2 N–H and O–H groups in total. The molecule has 1 atom stereocenters. The summed E-state index contributed by atoms with van der Waals surface area (Å²) >= 11 is 0. The van der Waals surface area contributed by atoms with Crippen LogP contribution in [-0.4, -0.2) is 19.1 Å². The maximum absolute atomic E-state index is 5.40. The van der Waals surface area contributed by atoms with Gasteiger partial charge in [0.05, 0.1) is 0 Å². The van der Waals surface area contributed by atoms with E-state index in [-0.39, 0.29) is 0 Å². The Morgan fingerprint density at radius 1 is 1.62 bits per heavy atom. The van der Waals surface area contributed by atoms with Crippen LogP contribution in [0.4, 0.5) is 5.88 Å². The Labute approximate surface area is 78.5 Å². The highest BCUT2D eigenvalue weighted by molar-refractivity contribution is 5.32. The van der Waals surface area contributed by atoms with Gasteiger partial charge in [-0.25, -0.2) is 0 Å². The van der Waals surface area contributed by atoms with Crippen LogP contribution in [0, 0.1) is 6.92 Å². The third kappa shape index (κ3) is 2.25. The second-order valence-corrected chi connectivity index (χ2v) is 3.58. The lowest BCUT2D eigenvalue weighted by Crippen LogP contribution is -2.29. The summed E-state index contributed by atoms with van der Waals surface area (Å²) in [7, 11) is 0. The van der Waals surface area contributed by atoms with Crippen molar-refractivity contribution in [2.24, 2.45) is 0 Å². The molecular weight excluding hydrogens is 164 g/mol. The van der Waals surface area contributed by atoms with Crippen LogP contribution in [0.25, 0.3) is 0 Å². The van der Waals surface area contributed by atoms with E-state index in [0.717, 1.165) is 24.7 Å². The Morgan fingerprint density at radius 3 is 3.15 bits per heavy atom. The van der Waals surface area contributed by atoms with Crippen molar-refractivity contribution in [3.8, 4) is 0 Å². The Morgan fingerprint density at radius 2 is 2.54 bits per heavy atom. The molecule has 0 aliphatic carbocycles. The fourth-order valence-corrected chi connectivity index (χ4v) is 1.68. The van der Waals surface area contributed by atoms with Gasteiger partial charge in [-0.1, -0.05) is 0 Å². The van der Waals surface area contributed by atoms with Gasteiger partial charge in [-0.15, -0.1) is 0 Å².